The standard InChI is InChI=1S/C16H24O3/c1-5-12(7-8-13(17)6-2)15-11-14(18-3)9-10-16(15)19-4/h9-12H,5-8H2,1-4H3. The largest absolute Gasteiger partial charge is 0.497 e. The van der Waals surface area contributed by atoms with Crippen molar-refractivity contribution in [2.75, 3.05) is 14.2 Å². The van der Waals surface area contributed by atoms with Crippen LogP contribution in [0.1, 0.15) is 51.0 Å². The molecule has 1 atom stereocenters. The van der Waals surface area contributed by atoms with E-state index in [1.54, 1.807) is 14.2 Å². The number of ketones is 1. The molecular formula is C16H24O3. The Kier molecular flexibility index (Phi) is 6.40. The second-order valence-electron chi connectivity index (χ2n) is 4.64. The molecule has 0 aliphatic carbocycles. The Bertz CT molecular complexity index is 412. The number of ether oxygens (including phenoxy) is 2. The molecule has 1 unspecified atom stereocenters. The van der Waals surface area contributed by atoms with E-state index in [0.29, 0.717) is 24.5 Å². The summed E-state index contributed by atoms with van der Waals surface area (Å²) in [6, 6.07) is 5.84. The van der Waals surface area contributed by atoms with Gasteiger partial charge in [0, 0.05) is 18.4 Å². The van der Waals surface area contributed by atoms with E-state index in [9.17, 15) is 4.79 Å². The topological polar surface area (TPSA) is 35.5 Å². The van der Waals surface area contributed by atoms with E-state index in [1.807, 2.05) is 25.1 Å². The summed E-state index contributed by atoms with van der Waals surface area (Å²) >= 11 is 0. The van der Waals surface area contributed by atoms with E-state index < -0.39 is 0 Å². The predicted octanol–water partition coefficient (Wildman–Crippen LogP) is 3.96. The number of hydrogen-bond acceptors (Lipinski definition) is 3. The highest BCUT2D eigenvalue weighted by atomic mass is 16.5. The highest BCUT2D eigenvalue weighted by Gasteiger charge is 2.16. The summed E-state index contributed by atoms with van der Waals surface area (Å²) in [4.78, 5) is 11.5. The first-order chi connectivity index (χ1) is 9.15. The molecule has 0 N–H and O–H groups in total. The molecule has 0 saturated heterocycles. The van der Waals surface area contributed by atoms with E-state index in [2.05, 4.69) is 6.92 Å². The molecule has 0 saturated carbocycles. The molecule has 0 amide bonds. The Morgan fingerprint density at radius 1 is 1.21 bits per heavy atom. The Labute approximate surface area is 115 Å². The third kappa shape index (κ3) is 4.27. The summed E-state index contributed by atoms with van der Waals surface area (Å²) < 4.78 is 10.7. The number of benzene rings is 1. The van der Waals surface area contributed by atoms with E-state index in [1.165, 1.54) is 0 Å². The van der Waals surface area contributed by atoms with Crippen LogP contribution in [0.4, 0.5) is 0 Å². The molecule has 19 heavy (non-hydrogen) atoms. The quantitative estimate of drug-likeness (QED) is 0.713. The summed E-state index contributed by atoms with van der Waals surface area (Å²) in [5.74, 6) is 2.36. The number of carbonyl (C=O) groups is 1. The summed E-state index contributed by atoms with van der Waals surface area (Å²) in [7, 11) is 3.34. The summed E-state index contributed by atoms with van der Waals surface area (Å²) in [5, 5.41) is 0. The lowest BCUT2D eigenvalue weighted by Crippen LogP contribution is -2.05. The van der Waals surface area contributed by atoms with Crippen LogP contribution < -0.4 is 9.47 Å². The molecule has 0 spiro atoms. The highest BCUT2D eigenvalue weighted by Crippen LogP contribution is 2.35. The SMILES string of the molecule is CCC(=O)CCC(CC)c1cc(OC)ccc1OC. The van der Waals surface area contributed by atoms with E-state index in [4.69, 9.17) is 9.47 Å². The van der Waals surface area contributed by atoms with Gasteiger partial charge in [-0.25, -0.2) is 0 Å². The zero-order valence-electron chi connectivity index (χ0n) is 12.4. The molecule has 0 radical (unpaired) electrons. The highest BCUT2D eigenvalue weighted by molar-refractivity contribution is 5.78. The molecule has 0 heterocycles. The fraction of sp³-hybridized carbons (Fsp3) is 0.562. The lowest BCUT2D eigenvalue weighted by Gasteiger charge is -2.19. The van der Waals surface area contributed by atoms with Gasteiger partial charge >= 0.3 is 0 Å². The molecule has 1 rings (SSSR count). The van der Waals surface area contributed by atoms with Gasteiger partial charge < -0.3 is 9.47 Å². The number of methoxy groups -OCH3 is 2. The van der Waals surface area contributed by atoms with Crippen molar-refractivity contribution in [2.45, 2.75) is 45.4 Å². The van der Waals surface area contributed by atoms with Crippen molar-refractivity contribution in [2.24, 2.45) is 0 Å². The minimum absolute atomic E-state index is 0.320. The lowest BCUT2D eigenvalue weighted by molar-refractivity contribution is -0.118. The lowest BCUT2D eigenvalue weighted by atomic mass is 9.90. The minimum atomic E-state index is 0.320. The Morgan fingerprint density at radius 3 is 2.47 bits per heavy atom. The van der Waals surface area contributed by atoms with Gasteiger partial charge in [-0.3, -0.25) is 4.79 Å². The van der Waals surface area contributed by atoms with Gasteiger partial charge in [-0.05, 0) is 37.0 Å². The molecule has 1 aromatic carbocycles. The summed E-state index contributed by atoms with van der Waals surface area (Å²) in [6.45, 7) is 4.05. The molecule has 1 aromatic rings. The molecule has 0 bridgehead atoms. The average Bonchev–Trinajstić information content (AvgIpc) is 2.47. The van der Waals surface area contributed by atoms with Crippen LogP contribution in [-0.2, 0) is 4.79 Å². The van der Waals surface area contributed by atoms with Crippen molar-refractivity contribution in [3.05, 3.63) is 23.8 Å². The third-order valence-corrected chi connectivity index (χ3v) is 3.54. The average molecular weight is 264 g/mol. The zero-order chi connectivity index (χ0) is 14.3. The Hall–Kier alpha value is -1.51. The first kappa shape index (κ1) is 15.5. The van der Waals surface area contributed by atoms with Crippen LogP contribution >= 0.6 is 0 Å². The first-order valence-electron chi connectivity index (χ1n) is 6.89. The molecule has 0 aliphatic rings. The second kappa shape index (κ2) is 7.82. The van der Waals surface area contributed by atoms with Crippen molar-refractivity contribution in [1.82, 2.24) is 0 Å². The van der Waals surface area contributed by atoms with Gasteiger partial charge in [-0.1, -0.05) is 13.8 Å². The predicted molar refractivity (Wildman–Crippen MR) is 77.1 cm³/mol. The van der Waals surface area contributed by atoms with E-state index in [-0.39, 0.29) is 0 Å². The molecular weight excluding hydrogens is 240 g/mol. The van der Waals surface area contributed by atoms with Gasteiger partial charge in [0.2, 0.25) is 0 Å². The molecule has 106 valence electrons. The van der Waals surface area contributed by atoms with Crippen molar-refractivity contribution in [3.8, 4) is 11.5 Å². The molecule has 3 heteroatoms. The zero-order valence-corrected chi connectivity index (χ0v) is 12.4. The fourth-order valence-electron chi connectivity index (χ4n) is 2.25. The van der Waals surface area contributed by atoms with Gasteiger partial charge in [0.15, 0.2) is 0 Å². The monoisotopic (exact) mass is 264 g/mol. The number of hydrogen-bond donors (Lipinski definition) is 0. The summed E-state index contributed by atoms with van der Waals surface area (Å²) in [5.41, 5.74) is 1.13. The van der Waals surface area contributed by atoms with Crippen LogP contribution in [0.3, 0.4) is 0 Å². The maximum atomic E-state index is 11.5. The van der Waals surface area contributed by atoms with Crippen LogP contribution in [0.5, 0.6) is 11.5 Å². The van der Waals surface area contributed by atoms with Crippen LogP contribution in [0.15, 0.2) is 18.2 Å². The van der Waals surface area contributed by atoms with Gasteiger partial charge in [-0.15, -0.1) is 0 Å². The van der Waals surface area contributed by atoms with Crippen LogP contribution in [-0.4, -0.2) is 20.0 Å². The molecule has 0 aliphatic heterocycles. The smallest absolute Gasteiger partial charge is 0.132 e. The number of Topliss-reactive ketones (excluding diaryl/α,β-unsaturated/α-hetero) is 1. The normalized spacial score (nSPS) is 12.0. The molecule has 0 aromatic heterocycles. The van der Waals surface area contributed by atoms with Crippen molar-refractivity contribution in [3.63, 3.8) is 0 Å². The number of rotatable bonds is 8. The second-order valence-corrected chi connectivity index (χ2v) is 4.64. The van der Waals surface area contributed by atoms with Crippen LogP contribution in [0, 0.1) is 0 Å². The molecule has 0 fully saturated rings. The van der Waals surface area contributed by atoms with E-state index >= 15 is 0 Å². The minimum Gasteiger partial charge on any atom is -0.497 e. The maximum absolute atomic E-state index is 11.5. The van der Waals surface area contributed by atoms with Crippen LogP contribution in [0.2, 0.25) is 0 Å². The fourth-order valence-corrected chi connectivity index (χ4v) is 2.25. The van der Waals surface area contributed by atoms with Gasteiger partial charge in [0.25, 0.3) is 0 Å². The Morgan fingerprint density at radius 2 is 1.95 bits per heavy atom. The van der Waals surface area contributed by atoms with Crippen molar-refractivity contribution < 1.29 is 14.3 Å². The van der Waals surface area contributed by atoms with Crippen molar-refractivity contribution >= 4 is 5.78 Å². The van der Waals surface area contributed by atoms with Crippen LogP contribution in [0.25, 0.3) is 0 Å². The Balaban J connectivity index is 2.92. The number of carbonyl (C=O) groups excluding carboxylic acids is 1. The van der Waals surface area contributed by atoms with Gasteiger partial charge in [0.1, 0.15) is 17.3 Å². The van der Waals surface area contributed by atoms with E-state index in [0.717, 1.165) is 29.9 Å². The summed E-state index contributed by atoms with van der Waals surface area (Å²) in [6.07, 6.45) is 3.11. The molecule has 3 nitrogen and oxygen atoms in total. The van der Waals surface area contributed by atoms with Gasteiger partial charge in [-0.2, -0.15) is 0 Å². The van der Waals surface area contributed by atoms with Crippen molar-refractivity contribution in [1.29, 1.82) is 0 Å². The maximum Gasteiger partial charge on any atom is 0.132 e. The third-order valence-electron chi connectivity index (χ3n) is 3.54. The van der Waals surface area contributed by atoms with Gasteiger partial charge in [0.05, 0.1) is 14.2 Å². The first-order valence-corrected chi connectivity index (χ1v) is 6.89.